The molecule has 1 heterocycles. The maximum absolute atomic E-state index is 2.39. The first-order valence-corrected chi connectivity index (χ1v) is 21.3. The molecule has 11 rings (SSSR count). The van der Waals surface area contributed by atoms with Gasteiger partial charge in [0.2, 0.25) is 0 Å². The summed E-state index contributed by atoms with van der Waals surface area (Å²) in [6, 6.07) is 92.1. The van der Waals surface area contributed by atoms with Crippen LogP contribution in [0.4, 0.5) is 17.1 Å². The van der Waals surface area contributed by atoms with Crippen molar-refractivity contribution in [1.29, 1.82) is 0 Å². The Morgan fingerprint density at radius 2 is 0.661 bits per heavy atom. The highest BCUT2D eigenvalue weighted by atomic mass is 15.1. The van der Waals surface area contributed by atoms with Gasteiger partial charge in [-0.2, -0.15) is 0 Å². The van der Waals surface area contributed by atoms with Gasteiger partial charge in [-0.1, -0.05) is 182 Å². The summed E-state index contributed by atoms with van der Waals surface area (Å²) in [6.45, 7) is 0. The highest BCUT2D eigenvalue weighted by molar-refractivity contribution is 6.11. The van der Waals surface area contributed by atoms with Gasteiger partial charge in [0.25, 0.3) is 0 Å². The molecule has 0 N–H and O–H groups in total. The number of hydrogen-bond donors (Lipinski definition) is 0. The van der Waals surface area contributed by atoms with Crippen LogP contribution < -0.4 is 4.90 Å². The van der Waals surface area contributed by atoms with Crippen LogP contribution >= 0.6 is 0 Å². The summed E-state index contributed by atoms with van der Waals surface area (Å²) in [5, 5.41) is 2.44. The summed E-state index contributed by atoms with van der Waals surface area (Å²) in [6.07, 6.45) is 0. The SMILES string of the molecule is c1ccc(-c2ccc(N(c3ccc(-c4c(-c5ccccc5)cc(-c5ccccc5)cc4-c4ccccc4)cc3)c3ccc4c(c3)c3ccccc3n4-c3ccccc3)cc2)cc1. The van der Waals surface area contributed by atoms with Gasteiger partial charge >= 0.3 is 0 Å². The Kier molecular flexibility index (Phi) is 9.57. The Bertz CT molecular complexity index is 3220. The van der Waals surface area contributed by atoms with Crippen molar-refractivity contribution >= 4 is 38.9 Å². The Morgan fingerprint density at radius 3 is 1.21 bits per heavy atom. The average molecular weight is 791 g/mol. The second-order valence-corrected chi connectivity index (χ2v) is 15.7. The first kappa shape index (κ1) is 36.8. The van der Waals surface area contributed by atoms with Crippen LogP contribution in [0.15, 0.2) is 255 Å². The van der Waals surface area contributed by atoms with Gasteiger partial charge in [0.05, 0.1) is 11.0 Å². The second kappa shape index (κ2) is 16.1. The molecule has 0 amide bonds. The molecular weight excluding hydrogens is 749 g/mol. The van der Waals surface area contributed by atoms with Crippen molar-refractivity contribution in [3.8, 4) is 61.3 Å². The number of rotatable bonds is 9. The zero-order valence-corrected chi connectivity index (χ0v) is 34.1. The maximum Gasteiger partial charge on any atom is 0.0542 e. The molecule has 0 saturated heterocycles. The molecule has 0 aliphatic rings. The molecule has 0 radical (unpaired) electrons. The molecule has 0 saturated carbocycles. The number of hydrogen-bond acceptors (Lipinski definition) is 1. The van der Waals surface area contributed by atoms with E-state index in [0.717, 1.165) is 28.3 Å². The lowest BCUT2D eigenvalue weighted by Crippen LogP contribution is -2.10. The largest absolute Gasteiger partial charge is 0.310 e. The molecule has 0 fully saturated rings. The number of para-hydroxylation sites is 2. The van der Waals surface area contributed by atoms with Crippen molar-refractivity contribution in [2.24, 2.45) is 0 Å². The van der Waals surface area contributed by atoms with E-state index in [1.807, 2.05) is 0 Å². The average Bonchev–Trinajstić information content (AvgIpc) is 3.69. The lowest BCUT2D eigenvalue weighted by Gasteiger charge is -2.26. The number of anilines is 3. The van der Waals surface area contributed by atoms with Gasteiger partial charge in [-0.25, -0.2) is 0 Å². The lowest BCUT2D eigenvalue weighted by molar-refractivity contribution is 1.18. The van der Waals surface area contributed by atoms with E-state index in [1.54, 1.807) is 0 Å². The monoisotopic (exact) mass is 790 g/mol. The standard InChI is InChI=1S/C60H42N2/c1-6-18-43(19-7-1)45-30-34-51(35-31-45)61(53-38-39-59-57(42-53)54-28-16-17-29-58(54)62(59)50-26-14-5-15-27-50)52-36-32-48(33-37-52)60-55(46-22-10-3-11-23-46)40-49(44-20-8-2-9-21-44)41-56(60)47-24-12-4-13-25-47/h1-42H. The fraction of sp³-hybridized carbons (Fsp3) is 0. The quantitative estimate of drug-likeness (QED) is 0.141. The summed E-state index contributed by atoms with van der Waals surface area (Å²) in [7, 11) is 0. The molecular formula is C60H42N2. The van der Waals surface area contributed by atoms with Crippen LogP contribution in [0, 0.1) is 0 Å². The van der Waals surface area contributed by atoms with Crippen LogP contribution in [-0.4, -0.2) is 4.57 Å². The smallest absolute Gasteiger partial charge is 0.0542 e. The van der Waals surface area contributed by atoms with Crippen molar-refractivity contribution in [1.82, 2.24) is 4.57 Å². The van der Waals surface area contributed by atoms with Gasteiger partial charge in [0.1, 0.15) is 0 Å². The van der Waals surface area contributed by atoms with Crippen LogP contribution in [0.1, 0.15) is 0 Å². The van der Waals surface area contributed by atoms with Crippen molar-refractivity contribution in [3.63, 3.8) is 0 Å². The normalized spacial score (nSPS) is 11.2. The number of aromatic nitrogens is 1. The van der Waals surface area contributed by atoms with E-state index in [-0.39, 0.29) is 0 Å². The van der Waals surface area contributed by atoms with Gasteiger partial charge in [-0.3, -0.25) is 0 Å². The second-order valence-electron chi connectivity index (χ2n) is 15.7. The predicted molar refractivity (Wildman–Crippen MR) is 263 cm³/mol. The highest BCUT2D eigenvalue weighted by Gasteiger charge is 2.20. The van der Waals surface area contributed by atoms with Gasteiger partial charge in [0, 0.05) is 33.5 Å². The molecule has 11 aromatic rings. The van der Waals surface area contributed by atoms with E-state index < -0.39 is 0 Å². The number of nitrogens with zero attached hydrogens (tertiary/aromatic N) is 2. The van der Waals surface area contributed by atoms with E-state index in [1.165, 1.54) is 71.9 Å². The van der Waals surface area contributed by atoms with Gasteiger partial charge in [-0.15, -0.1) is 0 Å². The summed E-state index contributed by atoms with van der Waals surface area (Å²) in [5.74, 6) is 0. The molecule has 0 aliphatic heterocycles. The molecule has 0 unspecified atom stereocenters. The first-order valence-electron chi connectivity index (χ1n) is 21.3. The Morgan fingerprint density at radius 1 is 0.258 bits per heavy atom. The van der Waals surface area contributed by atoms with Crippen LogP contribution in [-0.2, 0) is 0 Å². The molecule has 2 heteroatoms. The summed E-state index contributed by atoms with van der Waals surface area (Å²) < 4.78 is 2.37. The van der Waals surface area contributed by atoms with Gasteiger partial charge in [-0.05, 0) is 128 Å². The first-order chi connectivity index (χ1) is 30.8. The van der Waals surface area contributed by atoms with Gasteiger partial charge in [0.15, 0.2) is 0 Å². The molecule has 0 bridgehead atoms. The predicted octanol–water partition coefficient (Wildman–Crippen LogP) is 16.6. The summed E-state index contributed by atoms with van der Waals surface area (Å²) in [5.41, 5.74) is 18.7. The van der Waals surface area contributed by atoms with E-state index >= 15 is 0 Å². The van der Waals surface area contributed by atoms with Crippen molar-refractivity contribution < 1.29 is 0 Å². The third kappa shape index (κ3) is 6.84. The Hall–Kier alpha value is -8.20. The lowest BCUT2D eigenvalue weighted by atomic mass is 9.84. The molecule has 0 aliphatic carbocycles. The minimum Gasteiger partial charge on any atom is -0.310 e. The topological polar surface area (TPSA) is 8.17 Å². The van der Waals surface area contributed by atoms with Crippen molar-refractivity contribution in [2.45, 2.75) is 0 Å². The molecule has 2 nitrogen and oxygen atoms in total. The summed E-state index contributed by atoms with van der Waals surface area (Å²) >= 11 is 0. The van der Waals surface area contributed by atoms with Crippen molar-refractivity contribution in [3.05, 3.63) is 255 Å². The maximum atomic E-state index is 2.39. The van der Waals surface area contributed by atoms with E-state index in [9.17, 15) is 0 Å². The fourth-order valence-electron chi connectivity index (χ4n) is 9.05. The van der Waals surface area contributed by atoms with Gasteiger partial charge < -0.3 is 9.47 Å². The minimum absolute atomic E-state index is 1.08. The third-order valence-corrected chi connectivity index (χ3v) is 12.0. The molecule has 0 atom stereocenters. The third-order valence-electron chi connectivity index (χ3n) is 12.0. The fourth-order valence-corrected chi connectivity index (χ4v) is 9.05. The number of benzene rings is 10. The Labute approximate surface area is 362 Å². The zero-order valence-electron chi connectivity index (χ0n) is 34.1. The molecule has 10 aromatic carbocycles. The van der Waals surface area contributed by atoms with Crippen LogP contribution in [0.25, 0.3) is 83.1 Å². The van der Waals surface area contributed by atoms with Crippen molar-refractivity contribution in [2.75, 3.05) is 4.90 Å². The van der Waals surface area contributed by atoms with Crippen LogP contribution in [0.3, 0.4) is 0 Å². The molecule has 1 aromatic heterocycles. The van der Waals surface area contributed by atoms with E-state index in [4.69, 9.17) is 0 Å². The highest BCUT2D eigenvalue weighted by Crippen LogP contribution is 2.45. The zero-order chi connectivity index (χ0) is 41.2. The van der Waals surface area contributed by atoms with Crippen LogP contribution in [0.2, 0.25) is 0 Å². The van der Waals surface area contributed by atoms with E-state index in [0.29, 0.717) is 0 Å². The van der Waals surface area contributed by atoms with Crippen LogP contribution in [0.5, 0.6) is 0 Å². The molecule has 0 spiro atoms. The summed E-state index contributed by atoms with van der Waals surface area (Å²) in [4.78, 5) is 2.39. The number of fused-ring (bicyclic) bond motifs is 3. The molecule has 292 valence electrons. The Balaban J connectivity index is 1.09. The minimum atomic E-state index is 1.08. The molecule has 62 heavy (non-hydrogen) atoms. The van der Waals surface area contributed by atoms with E-state index in [2.05, 4.69) is 264 Å².